The SMILES string of the molecule is CC(O)[C@H](N=[N+]=[N-])c1ccc(Br)cc1. The van der Waals surface area contributed by atoms with E-state index in [0.717, 1.165) is 10.0 Å². The van der Waals surface area contributed by atoms with Gasteiger partial charge in [0.1, 0.15) is 0 Å². The second-order valence-electron chi connectivity index (χ2n) is 2.94. The molecule has 0 aromatic heterocycles. The smallest absolute Gasteiger partial charge is 0.0882 e. The van der Waals surface area contributed by atoms with Crippen molar-refractivity contribution in [2.75, 3.05) is 0 Å². The number of azide groups is 1. The predicted molar refractivity (Wildman–Crippen MR) is 57.7 cm³/mol. The van der Waals surface area contributed by atoms with E-state index in [-0.39, 0.29) is 0 Å². The average molecular weight is 256 g/mol. The van der Waals surface area contributed by atoms with Gasteiger partial charge in [-0.25, -0.2) is 0 Å². The lowest BCUT2D eigenvalue weighted by atomic mass is 10.0. The molecular formula is C9H10BrN3O. The van der Waals surface area contributed by atoms with Gasteiger partial charge in [-0.05, 0) is 30.2 Å². The quantitative estimate of drug-likeness (QED) is 0.503. The molecule has 74 valence electrons. The zero-order chi connectivity index (χ0) is 10.6. The number of halogens is 1. The highest BCUT2D eigenvalue weighted by molar-refractivity contribution is 9.10. The van der Waals surface area contributed by atoms with Crippen molar-refractivity contribution >= 4 is 15.9 Å². The highest BCUT2D eigenvalue weighted by Gasteiger charge is 2.14. The van der Waals surface area contributed by atoms with E-state index in [0.29, 0.717) is 0 Å². The van der Waals surface area contributed by atoms with Gasteiger partial charge >= 0.3 is 0 Å². The number of nitrogens with zero attached hydrogens (tertiary/aromatic N) is 3. The van der Waals surface area contributed by atoms with E-state index in [9.17, 15) is 5.11 Å². The van der Waals surface area contributed by atoms with Gasteiger partial charge in [0.05, 0.1) is 12.1 Å². The molecule has 0 saturated heterocycles. The number of hydrogen-bond acceptors (Lipinski definition) is 2. The monoisotopic (exact) mass is 255 g/mol. The van der Waals surface area contributed by atoms with Crippen LogP contribution < -0.4 is 0 Å². The van der Waals surface area contributed by atoms with Gasteiger partial charge < -0.3 is 5.11 Å². The summed E-state index contributed by atoms with van der Waals surface area (Å²) >= 11 is 3.30. The molecule has 0 radical (unpaired) electrons. The molecule has 1 unspecified atom stereocenters. The van der Waals surface area contributed by atoms with Gasteiger partial charge in [0.25, 0.3) is 0 Å². The Bertz CT molecular complexity index is 344. The number of benzene rings is 1. The molecule has 1 aromatic carbocycles. The third-order valence-corrected chi connectivity index (χ3v) is 2.37. The Balaban J connectivity index is 2.99. The van der Waals surface area contributed by atoms with E-state index in [4.69, 9.17) is 5.53 Å². The fraction of sp³-hybridized carbons (Fsp3) is 0.333. The first-order valence-corrected chi connectivity index (χ1v) is 4.92. The van der Waals surface area contributed by atoms with E-state index < -0.39 is 12.1 Å². The van der Waals surface area contributed by atoms with E-state index >= 15 is 0 Å². The molecule has 0 aliphatic heterocycles. The number of rotatable bonds is 3. The fourth-order valence-electron chi connectivity index (χ4n) is 1.16. The van der Waals surface area contributed by atoms with E-state index in [1.165, 1.54) is 0 Å². The molecule has 0 heterocycles. The van der Waals surface area contributed by atoms with Gasteiger partial charge in [-0.3, -0.25) is 0 Å². The molecule has 1 rings (SSSR count). The Labute approximate surface area is 90.3 Å². The lowest BCUT2D eigenvalue weighted by Crippen LogP contribution is -2.11. The van der Waals surface area contributed by atoms with Crippen LogP contribution in [0.1, 0.15) is 18.5 Å². The number of aliphatic hydroxyl groups is 1. The van der Waals surface area contributed by atoms with Crippen LogP contribution in [-0.4, -0.2) is 11.2 Å². The molecular weight excluding hydrogens is 246 g/mol. The lowest BCUT2D eigenvalue weighted by molar-refractivity contribution is 0.164. The molecule has 2 atom stereocenters. The molecule has 14 heavy (non-hydrogen) atoms. The molecule has 5 heteroatoms. The van der Waals surface area contributed by atoms with Crippen LogP contribution in [0.15, 0.2) is 33.9 Å². The largest absolute Gasteiger partial charge is 0.393 e. The summed E-state index contributed by atoms with van der Waals surface area (Å²) in [6.07, 6.45) is -0.688. The minimum atomic E-state index is -0.688. The van der Waals surface area contributed by atoms with Crippen LogP contribution >= 0.6 is 15.9 Å². The van der Waals surface area contributed by atoms with Gasteiger partial charge in [-0.15, -0.1) is 0 Å². The Kier molecular flexibility index (Phi) is 3.95. The normalized spacial score (nSPS) is 14.2. The minimum Gasteiger partial charge on any atom is -0.393 e. The third kappa shape index (κ3) is 2.73. The molecule has 1 N–H and O–H groups in total. The van der Waals surface area contributed by atoms with Gasteiger partial charge in [-0.2, -0.15) is 0 Å². The molecule has 0 saturated carbocycles. The second kappa shape index (κ2) is 5.00. The van der Waals surface area contributed by atoms with Crippen molar-refractivity contribution in [3.8, 4) is 0 Å². The van der Waals surface area contributed by atoms with Crippen molar-refractivity contribution in [1.82, 2.24) is 0 Å². The standard InChI is InChI=1S/C9H10BrN3O/c1-6(14)9(12-13-11)7-2-4-8(10)5-3-7/h2-6,9,14H,1H3/t6?,9-/m0/s1. The van der Waals surface area contributed by atoms with Crippen LogP contribution in [0.5, 0.6) is 0 Å². The lowest BCUT2D eigenvalue weighted by Gasteiger charge is -2.14. The molecule has 0 fully saturated rings. The summed E-state index contributed by atoms with van der Waals surface area (Å²) in [5, 5.41) is 12.9. The second-order valence-corrected chi connectivity index (χ2v) is 3.86. The first-order valence-electron chi connectivity index (χ1n) is 4.13. The van der Waals surface area contributed by atoms with Gasteiger partial charge in [0.2, 0.25) is 0 Å². The number of aliphatic hydroxyl groups excluding tert-OH is 1. The Hall–Kier alpha value is -1.03. The minimum absolute atomic E-state index is 0.520. The predicted octanol–water partition coefficient (Wildman–Crippen LogP) is 3.18. The summed E-state index contributed by atoms with van der Waals surface area (Å²) in [6, 6.07) is 6.80. The first-order chi connectivity index (χ1) is 6.65. The Morgan fingerprint density at radius 3 is 2.43 bits per heavy atom. The van der Waals surface area contributed by atoms with Crippen molar-refractivity contribution in [2.45, 2.75) is 19.1 Å². The van der Waals surface area contributed by atoms with Crippen molar-refractivity contribution in [3.05, 3.63) is 44.7 Å². The van der Waals surface area contributed by atoms with E-state index in [1.54, 1.807) is 6.92 Å². The summed E-state index contributed by atoms with van der Waals surface area (Å²) in [5.74, 6) is 0. The average Bonchev–Trinajstić information content (AvgIpc) is 2.15. The van der Waals surface area contributed by atoms with Crippen molar-refractivity contribution in [2.24, 2.45) is 5.11 Å². The highest BCUT2D eigenvalue weighted by atomic mass is 79.9. The van der Waals surface area contributed by atoms with Crippen molar-refractivity contribution in [3.63, 3.8) is 0 Å². The molecule has 0 bridgehead atoms. The molecule has 0 aliphatic carbocycles. The van der Waals surface area contributed by atoms with Crippen LogP contribution in [0.4, 0.5) is 0 Å². The molecule has 0 aliphatic rings. The summed E-state index contributed by atoms with van der Waals surface area (Å²) < 4.78 is 0.950. The zero-order valence-corrected chi connectivity index (χ0v) is 9.22. The number of hydrogen-bond donors (Lipinski definition) is 1. The fourth-order valence-corrected chi connectivity index (χ4v) is 1.42. The van der Waals surface area contributed by atoms with Gasteiger partial charge in [-0.1, -0.05) is 33.2 Å². The maximum absolute atomic E-state index is 9.39. The molecule has 0 spiro atoms. The molecule has 1 aromatic rings. The van der Waals surface area contributed by atoms with Gasteiger partial charge in [0.15, 0.2) is 0 Å². The van der Waals surface area contributed by atoms with Crippen LogP contribution in [0.2, 0.25) is 0 Å². The first kappa shape index (κ1) is 11.0. The Morgan fingerprint density at radius 1 is 1.43 bits per heavy atom. The maximum atomic E-state index is 9.39. The van der Waals surface area contributed by atoms with Crippen molar-refractivity contribution in [1.29, 1.82) is 0 Å². The zero-order valence-electron chi connectivity index (χ0n) is 7.63. The molecule has 0 amide bonds. The Morgan fingerprint density at radius 2 is 2.00 bits per heavy atom. The van der Waals surface area contributed by atoms with E-state index in [2.05, 4.69) is 26.0 Å². The molecule has 4 nitrogen and oxygen atoms in total. The summed E-state index contributed by atoms with van der Waals surface area (Å²) in [6.45, 7) is 1.60. The summed E-state index contributed by atoms with van der Waals surface area (Å²) in [7, 11) is 0. The summed E-state index contributed by atoms with van der Waals surface area (Å²) in [5.41, 5.74) is 9.15. The van der Waals surface area contributed by atoms with Crippen LogP contribution in [0.25, 0.3) is 10.4 Å². The van der Waals surface area contributed by atoms with Crippen LogP contribution in [-0.2, 0) is 0 Å². The topological polar surface area (TPSA) is 69.0 Å². The van der Waals surface area contributed by atoms with Crippen LogP contribution in [0.3, 0.4) is 0 Å². The summed E-state index contributed by atoms with van der Waals surface area (Å²) in [4.78, 5) is 2.71. The van der Waals surface area contributed by atoms with E-state index in [1.807, 2.05) is 24.3 Å². The maximum Gasteiger partial charge on any atom is 0.0882 e. The van der Waals surface area contributed by atoms with Crippen LogP contribution in [0, 0.1) is 0 Å². The highest BCUT2D eigenvalue weighted by Crippen LogP contribution is 2.23. The van der Waals surface area contributed by atoms with Gasteiger partial charge in [0, 0.05) is 9.38 Å². The third-order valence-electron chi connectivity index (χ3n) is 1.84. The van der Waals surface area contributed by atoms with Crippen molar-refractivity contribution < 1.29 is 5.11 Å².